The second-order valence-electron chi connectivity index (χ2n) is 6.58. The molecule has 1 aromatic heterocycles. The Morgan fingerprint density at radius 1 is 1.14 bits per heavy atom. The molecule has 1 amide bonds. The molecule has 3 rings (SSSR count). The number of rotatable bonds is 7. The first-order chi connectivity index (χ1) is 13.9. The van der Waals surface area contributed by atoms with Crippen molar-refractivity contribution in [2.75, 3.05) is 18.5 Å². The normalized spacial score (nSPS) is 13.9. The number of amides is 1. The number of nitrogens with zero attached hydrogens (tertiary/aromatic N) is 1. The van der Waals surface area contributed by atoms with Gasteiger partial charge in [-0.15, -0.1) is 0 Å². The molecular weight excluding hydrogens is 380 g/mol. The minimum Gasteiger partial charge on any atom is -0.490 e. The Labute approximate surface area is 167 Å². The SMILES string of the molecule is Cc1cc(NC(=O)[C@@H](C)OC(=O)CCC(=O)c2ccc3c(c2)OCCCO3)no1. The first kappa shape index (κ1) is 20.4. The van der Waals surface area contributed by atoms with Crippen LogP contribution in [-0.2, 0) is 14.3 Å². The molecule has 0 aliphatic carbocycles. The summed E-state index contributed by atoms with van der Waals surface area (Å²) in [4.78, 5) is 36.4. The summed E-state index contributed by atoms with van der Waals surface area (Å²) in [6, 6.07) is 6.48. The number of hydrogen-bond donors (Lipinski definition) is 1. The van der Waals surface area contributed by atoms with Crippen LogP contribution in [0, 0.1) is 6.92 Å². The Hall–Kier alpha value is -3.36. The molecule has 2 heterocycles. The van der Waals surface area contributed by atoms with Crippen LogP contribution in [0.3, 0.4) is 0 Å². The molecule has 0 radical (unpaired) electrons. The number of aromatic nitrogens is 1. The monoisotopic (exact) mass is 402 g/mol. The molecule has 2 aromatic rings. The van der Waals surface area contributed by atoms with Crippen molar-refractivity contribution in [3.05, 3.63) is 35.6 Å². The van der Waals surface area contributed by atoms with Gasteiger partial charge in [-0.3, -0.25) is 14.4 Å². The molecule has 0 fully saturated rings. The number of carbonyl (C=O) groups is 3. The summed E-state index contributed by atoms with van der Waals surface area (Å²) in [6.45, 7) is 4.21. The molecule has 9 heteroatoms. The average Bonchev–Trinajstić information content (AvgIpc) is 2.96. The summed E-state index contributed by atoms with van der Waals surface area (Å²) < 4.78 is 21.0. The zero-order valence-corrected chi connectivity index (χ0v) is 16.2. The van der Waals surface area contributed by atoms with E-state index in [1.807, 2.05) is 0 Å². The maximum absolute atomic E-state index is 12.4. The van der Waals surface area contributed by atoms with Gasteiger partial charge in [0, 0.05) is 24.5 Å². The maximum atomic E-state index is 12.4. The summed E-state index contributed by atoms with van der Waals surface area (Å²) >= 11 is 0. The summed E-state index contributed by atoms with van der Waals surface area (Å²) in [6.07, 6.45) is -0.456. The van der Waals surface area contributed by atoms with Gasteiger partial charge in [0.25, 0.3) is 5.91 Å². The number of nitrogens with one attached hydrogen (secondary N) is 1. The van der Waals surface area contributed by atoms with Crippen LogP contribution in [0.4, 0.5) is 5.82 Å². The predicted octanol–water partition coefficient (Wildman–Crippen LogP) is 2.68. The fraction of sp³-hybridized carbons (Fsp3) is 0.400. The fourth-order valence-corrected chi connectivity index (χ4v) is 2.66. The number of Topliss-reactive ketones (excluding diaryl/α,β-unsaturated/α-hetero) is 1. The molecule has 1 aromatic carbocycles. The van der Waals surface area contributed by atoms with Crippen LogP contribution in [0.1, 0.15) is 42.3 Å². The zero-order valence-electron chi connectivity index (χ0n) is 16.2. The minimum atomic E-state index is -1.03. The van der Waals surface area contributed by atoms with Crippen molar-refractivity contribution in [1.82, 2.24) is 5.16 Å². The van der Waals surface area contributed by atoms with Crippen LogP contribution >= 0.6 is 0 Å². The van der Waals surface area contributed by atoms with E-state index < -0.39 is 18.0 Å². The van der Waals surface area contributed by atoms with Gasteiger partial charge >= 0.3 is 5.97 Å². The van der Waals surface area contributed by atoms with E-state index in [1.165, 1.54) is 6.92 Å². The standard InChI is InChI=1S/C20H22N2O7/c1-12-10-18(22-29-12)21-20(25)13(2)28-19(24)7-5-15(23)14-4-6-16-17(11-14)27-9-3-8-26-16/h4,6,10-11,13H,3,5,7-9H2,1-2H3,(H,21,22,25)/t13-/m1/s1. The van der Waals surface area contributed by atoms with Gasteiger partial charge in [0.15, 0.2) is 29.2 Å². The lowest BCUT2D eigenvalue weighted by Crippen LogP contribution is -2.30. The molecule has 0 saturated carbocycles. The Kier molecular flexibility index (Phi) is 6.48. The molecule has 0 bridgehead atoms. The number of ketones is 1. The number of esters is 1. The number of fused-ring (bicyclic) bond motifs is 1. The number of ether oxygens (including phenoxy) is 3. The molecule has 0 spiro atoms. The first-order valence-corrected chi connectivity index (χ1v) is 9.29. The van der Waals surface area contributed by atoms with Gasteiger partial charge in [0.2, 0.25) is 0 Å². The molecule has 1 N–H and O–H groups in total. The van der Waals surface area contributed by atoms with E-state index in [2.05, 4.69) is 10.5 Å². The van der Waals surface area contributed by atoms with Crippen molar-refractivity contribution in [3.63, 3.8) is 0 Å². The van der Waals surface area contributed by atoms with Crippen LogP contribution in [0.25, 0.3) is 0 Å². The Balaban J connectivity index is 1.47. The lowest BCUT2D eigenvalue weighted by atomic mass is 10.1. The van der Waals surface area contributed by atoms with Crippen LogP contribution in [0.5, 0.6) is 11.5 Å². The maximum Gasteiger partial charge on any atom is 0.307 e. The molecule has 154 valence electrons. The molecule has 0 unspecified atom stereocenters. The smallest absolute Gasteiger partial charge is 0.307 e. The average molecular weight is 402 g/mol. The van der Waals surface area contributed by atoms with Gasteiger partial charge in [0.05, 0.1) is 19.6 Å². The van der Waals surface area contributed by atoms with Crippen LogP contribution in [0.15, 0.2) is 28.8 Å². The van der Waals surface area contributed by atoms with E-state index >= 15 is 0 Å². The lowest BCUT2D eigenvalue weighted by Gasteiger charge is -2.12. The van der Waals surface area contributed by atoms with Crippen LogP contribution < -0.4 is 14.8 Å². The second kappa shape index (κ2) is 9.22. The summed E-state index contributed by atoms with van der Waals surface area (Å²) in [5, 5.41) is 6.11. The minimum absolute atomic E-state index is 0.0463. The second-order valence-corrected chi connectivity index (χ2v) is 6.58. The molecule has 0 saturated heterocycles. The Bertz CT molecular complexity index is 906. The topological polar surface area (TPSA) is 117 Å². The Morgan fingerprint density at radius 3 is 2.62 bits per heavy atom. The highest BCUT2D eigenvalue weighted by Crippen LogP contribution is 2.30. The van der Waals surface area contributed by atoms with Gasteiger partial charge in [-0.2, -0.15) is 0 Å². The largest absolute Gasteiger partial charge is 0.490 e. The van der Waals surface area contributed by atoms with Crippen molar-refractivity contribution >= 4 is 23.5 Å². The van der Waals surface area contributed by atoms with E-state index in [0.29, 0.717) is 36.0 Å². The number of carbonyl (C=O) groups excluding carboxylic acids is 3. The van der Waals surface area contributed by atoms with E-state index in [4.69, 9.17) is 18.7 Å². The number of hydrogen-bond acceptors (Lipinski definition) is 8. The molecule has 1 atom stereocenters. The van der Waals surface area contributed by atoms with Gasteiger partial charge in [0.1, 0.15) is 5.76 Å². The van der Waals surface area contributed by atoms with Crippen LogP contribution in [0.2, 0.25) is 0 Å². The Morgan fingerprint density at radius 2 is 1.90 bits per heavy atom. The van der Waals surface area contributed by atoms with E-state index in [0.717, 1.165) is 6.42 Å². The molecular formula is C20H22N2O7. The van der Waals surface area contributed by atoms with Crippen LogP contribution in [-0.4, -0.2) is 42.1 Å². The predicted molar refractivity (Wildman–Crippen MR) is 101 cm³/mol. The van der Waals surface area contributed by atoms with Crippen molar-refractivity contribution in [3.8, 4) is 11.5 Å². The highest BCUT2D eigenvalue weighted by Gasteiger charge is 2.20. The summed E-state index contributed by atoms with van der Waals surface area (Å²) in [5.41, 5.74) is 0.425. The lowest BCUT2D eigenvalue weighted by molar-refractivity contribution is -0.153. The van der Waals surface area contributed by atoms with Crippen molar-refractivity contribution in [2.24, 2.45) is 0 Å². The quantitative estimate of drug-likeness (QED) is 0.555. The number of aryl methyl sites for hydroxylation is 1. The highest BCUT2D eigenvalue weighted by molar-refractivity contribution is 5.98. The summed E-state index contributed by atoms with van der Waals surface area (Å²) in [5.74, 6) is 0.475. The number of anilines is 1. The molecule has 9 nitrogen and oxygen atoms in total. The van der Waals surface area contributed by atoms with E-state index in [1.54, 1.807) is 31.2 Å². The van der Waals surface area contributed by atoms with Gasteiger partial charge in [-0.05, 0) is 32.0 Å². The van der Waals surface area contributed by atoms with E-state index in [9.17, 15) is 14.4 Å². The first-order valence-electron chi connectivity index (χ1n) is 9.29. The van der Waals surface area contributed by atoms with Gasteiger partial charge in [-0.1, -0.05) is 5.16 Å². The molecule has 29 heavy (non-hydrogen) atoms. The zero-order chi connectivity index (χ0) is 20.8. The highest BCUT2D eigenvalue weighted by atomic mass is 16.5. The van der Waals surface area contributed by atoms with Gasteiger partial charge < -0.3 is 24.1 Å². The van der Waals surface area contributed by atoms with Gasteiger partial charge in [-0.25, -0.2) is 0 Å². The third kappa shape index (κ3) is 5.56. The van der Waals surface area contributed by atoms with Crippen molar-refractivity contribution < 1.29 is 33.1 Å². The molecule has 1 aliphatic heterocycles. The fourth-order valence-electron chi connectivity index (χ4n) is 2.66. The number of benzene rings is 1. The third-order valence-corrected chi connectivity index (χ3v) is 4.18. The third-order valence-electron chi connectivity index (χ3n) is 4.18. The van der Waals surface area contributed by atoms with Crippen molar-refractivity contribution in [2.45, 2.75) is 39.2 Å². The van der Waals surface area contributed by atoms with E-state index in [-0.39, 0.29) is 24.4 Å². The molecule has 1 aliphatic rings. The summed E-state index contributed by atoms with van der Waals surface area (Å²) in [7, 11) is 0. The van der Waals surface area contributed by atoms with Crippen molar-refractivity contribution in [1.29, 1.82) is 0 Å².